The quantitative estimate of drug-likeness (QED) is 0.521. The number of aromatic amines is 1. The second kappa shape index (κ2) is 7.08. The Balaban J connectivity index is 1.62. The van der Waals surface area contributed by atoms with Gasteiger partial charge in [-0.25, -0.2) is 0 Å². The van der Waals surface area contributed by atoms with Crippen molar-refractivity contribution in [2.24, 2.45) is 0 Å². The van der Waals surface area contributed by atoms with Crippen LogP contribution in [-0.2, 0) is 6.42 Å². The third-order valence-corrected chi connectivity index (χ3v) is 5.41. The zero-order chi connectivity index (χ0) is 17.3. The molecule has 126 valence electrons. The molecule has 0 radical (unpaired) electrons. The summed E-state index contributed by atoms with van der Waals surface area (Å²) in [6.45, 7) is 6.72. The van der Waals surface area contributed by atoms with Crippen LogP contribution in [0.25, 0.3) is 10.9 Å². The van der Waals surface area contributed by atoms with Gasteiger partial charge in [0.1, 0.15) is 5.75 Å². The van der Waals surface area contributed by atoms with Crippen LogP contribution in [0, 0.1) is 20.8 Å². The van der Waals surface area contributed by atoms with Crippen molar-refractivity contribution in [1.82, 2.24) is 4.98 Å². The molecule has 0 atom stereocenters. The summed E-state index contributed by atoms with van der Waals surface area (Å²) < 4.78 is 5.89. The largest absolute Gasteiger partial charge is 0.494 e. The molecule has 0 aliphatic rings. The molecule has 0 saturated heterocycles. The Morgan fingerprint density at radius 2 is 1.75 bits per heavy atom. The van der Waals surface area contributed by atoms with Crippen molar-refractivity contribution in [2.45, 2.75) is 33.6 Å². The number of rotatable bonds is 5. The van der Waals surface area contributed by atoms with E-state index in [0.29, 0.717) is 6.61 Å². The molecule has 0 aliphatic carbocycles. The van der Waals surface area contributed by atoms with E-state index >= 15 is 0 Å². The molecule has 0 saturated carbocycles. The summed E-state index contributed by atoms with van der Waals surface area (Å²) in [6.07, 6.45) is 3.99. The lowest BCUT2D eigenvalue weighted by atomic mass is 10.1. The van der Waals surface area contributed by atoms with Crippen LogP contribution in [0.3, 0.4) is 0 Å². The molecule has 24 heavy (non-hydrogen) atoms. The molecule has 2 nitrogen and oxygen atoms in total. The Bertz CT molecular complexity index is 860. The summed E-state index contributed by atoms with van der Waals surface area (Å²) in [5.74, 6) is 0.885. The van der Waals surface area contributed by atoms with Gasteiger partial charge in [0.05, 0.1) is 12.1 Å². The van der Waals surface area contributed by atoms with E-state index < -0.39 is 0 Å². The lowest BCUT2D eigenvalue weighted by molar-refractivity contribution is 0.311. The third-order valence-electron chi connectivity index (χ3n) is 4.40. The first-order valence-corrected chi connectivity index (χ1v) is 8.87. The van der Waals surface area contributed by atoms with Crippen LogP contribution >= 0.6 is 23.2 Å². The SMILES string of the molecule is Cc1cc(OCCCc2c[nH]c3c(C)c(Cl)ccc23)cc(C)c1Cl. The van der Waals surface area contributed by atoms with Crippen LogP contribution < -0.4 is 4.74 Å². The first-order chi connectivity index (χ1) is 11.5. The van der Waals surface area contributed by atoms with Gasteiger partial charge in [-0.15, -0.1) is 0 Å². The Hall–Kier alpha value is -1.64. The molecule has 0 amide bonds. The molecule has 0 bridgehead atoms. The van der Waals surface area contributed by atoms with Crippen molar-refractivity contribution < 1.29 is 4.74 Å². The van der Waals surface area contributed by atoms with E-state index in [1.165, 1.54) is 10.9 Å². The van der Waals surface area contributed by atoms with Crippen LogP contribution in [0.4, 0.5) is 0 Å². The molecule has 2 aromatic carbocycles. The third kappa shape index (κ3) is 3.40. The molecule has 3 aromatic rings. The topological polar surface area (TPSA) is 25.0 Å². The molecular formula is C20H21Cl2NO. The molecule has 4 heteroatoms. The summed E-state index contributed by atoms with van der Waals surface area (Å²) in [5, 5.41) is 2.86. The van der Waals surface area contributed by atoms with Gasteiger partial charge >= 0.3 is 0 Å². The highest BCUT2D eigenvalue weighted by molar-refractivity contribution is 6.32. The van der Waals surface area contributed by atoms with Gasteiger partial charge in [0.2, 0.25) is 0 Å². The number of hydrogen-bond donors (Lipinski definition) is 1. The highest BCUT2D eigenvalue weighted by atomic mass is 35.5. The van der Waals surface area contributed by atoms with E-state index in [4.69, 9.17) is 27.9 Å². The first-order valence-electron chi connectivity index (χ1n) is 8.12. The van der Waals surface area contributed by atoms with Crippen LogP contribution in [0.15, 0.2) is 30.5 Å². The zero-order valence-electron chi connectivity index (χ0n) is 14.2. The Labute approximate surface area is 152 Å². The van der Waals surface area contributed by atoms with E-state index in [1.807, 2.05) is 39.0 Å². The number of benzene rings is 2. The predicted molar refractivity (Wildman–Crippen MR) is 103 cm³/mol. The standard InChI is InChI=1S/C20H21Cl2NO/c1-12-9-16(10-13(2)19(12)22)24-8-4-5-15-11-23-20-14(3)18(21)7-6-17(15)20/h6-7,9-11,23H,4-5,8H2,1-3H3. The average Bonchev–Trinajstić information content (AvgIpc) is 2.96. The molecule has 0 spiro atoms. The molecule has 1 N–H and O–H groups in total. The number of hydrogen-bond acceptors (Lipinski definition) is 1. The van der Waals surface area contributed by atoms with Crippen LogP contribution in [0.1, 0.15) is 28.7 Å². The minimum atomic E-state index is 0.680. The molecule has 0 aliphatic heterocycles. The number of nitrogens with one attached hydrogen (secondary N) is 1. The molecule has 1 aromatic heterocycles. The van der Waals surface area contributed by atoms with E-state index in [0.717, 1.165) is 50.8 Å². The van der Waals surface area contributed by atoms with Gasteiger partial charge < -0.3 is 9.72 Å². The Kier molecular flexibility index (Phi) is 5.07. The van der Waals surface area contributed by atoms with Crippen molar-refractivity contribution >= 4 is 34.1 Å². The number of fused-ring (bicyclic) bond motifs is 1. The lowest BCUT2D eigenvalue weighted by Crippen LogP contribution is -2.00. The number of aromatic nitrogens is 1. The summed E-state index contributed by atoms with van der Waals surface area (Å²) in [6, 6.07) is 8.04. The van der Waals surface area contributed by atoms with Gasteiger partial charge in [0.15, 0.2) is 0 Å². The van der Waals surface area contributed by atoms with Gasteiger partial charge in [-0.05, 0) is 74.1 Å². The van der Waals surface area contributed by atoms with Crippen molar-refractivity contribution in [3.8, 4) is 5.75 Å². The summed E-state index contributed by atoms with van der Waals surface area (Å²) in [4.78, 5) is 3.34. The number of halogens is 2. The van der Waals surface area contributed by atoms with E-state index in [2.05, 4.69) is 17.2 Å². The minimum Gasteiger partial charge on any atom is -0.494 e. The summed E-state index contributed by atoms with van der Waals surface area (Å²) in [5.41, 5.74) is 5.63. The number of aryl methyl sites for hydroxylation is 4. The molecule has 0 unspecified atom stereocenters. The van der Waals surface area contributed by atoms with Crippen molar-refractivity contribution in [1.29, 1.82) is 0 Å². The van der Waals surface area contributed by atoms with Gasteiger partial charge in [-0.3, -0.25) is 0 Å². The van der Waals surface area contributed by atoms with Gasteiger partial charge in [0.25, 0.3) is 0 Å². The smallest absolute Gasteiger partial charge is 0.119 e. The van der Waals surface area contributed by atoms with Crippen molar-refractivity contribution in [3.05, 3.63) is 62.8 Å². The molecule has 1 heterocycles. The maximum atomic E-state index is 6.19. The maximum Gasteiger partial charge on any atom is 0.119 e. The second-order valence-electron chi connectivity index (χ2n) is 6.23. The highest BCUT2D eigenvalue weighted by Crippen LogP contribution is 2.28. The van der Waals surface area contributed by atoms with Gasteiger partial charge in [-0.1, -0.05) is 29.3 Å². The summed E-state index contributed by atoms with van der Waals surface area (Å²) in [7, 11) is 0. The van der Waals surface area contributed by atoms with Gasteiger partial charge in [-0.2, -0.15) is 0 Å². The normalized spacial score (nSPS) is 11.2. The van der Waals surface area contributed by atoms with E-state index in [-0.39, 0.29) is 0 Å². The van der Waals surface area contributed by atoms with Crippen LogP contribution in [0.2, 0.25) is 10.0 Å². The molecular weight excluding hydrogens is 341 g/mol. The van der Waals surface area contributed by atoms with Crippen LogP contribution in [0.5, 0.6) is 5.75 Å². The second-order valence-corrected chi connectivity index (χ2v) is 7.02. The first kappa shape index (κ1) is 17.2. The maximum absolute atomic E-state index is 6.19. The Morgan fingerprint density at radius 1 is 1.04 bits per heavy atom. The van der Waals surface area contributed by atoms with E-state index in [9.17, 15) is 0 Å². The van der Waals surface area contributed by atoms with Crippen molar-refractivity contribution in [3.63, 3.8) is 0 Å². The average molecular weight is 362 g/mol. The monoisotopic (exact) mass is 361 g/mol. The fourth-order valence-corrected chi connectivity index (χ4v) is 3.29. The van der Waals surface area contributed by atoms with Crippen LogP contribution in [-0.4, -0.2) is 11.6 Å². The molecule has 0 fully saturated rings. The fraction of sp³-hybridized carbons (Fsp3) is 0.300. The number of ether oxygens (including phenoxy) is 1. The summed E-state index contributed by atoms with van der Waals surface area (Å²) >= 11 is 12.4. The lowest BCUT2D eigenvalue weighted by Gasteiger charge is -2.10. The number of H-pyrrole nitrogens is 1. The highest BCUT2D eigenvalue weighted by Gasteiger charge is 2.08. The minimum absolute atomic E-state index is 0.680. The van der Waals surface area contributed by atoms with Crippen molar-refractivity contribution in [2.75, 3.05) is 6.61 Å². The fourth-order valence-electron chi connectivity index (χ4n) is 3.03. The van der Waals surface area contributed by atoms with E-state index in [1.54, 1.807) is 0 Å². The molecule has 3 rings (SSSR count). The zero-order valence-corrected chi connectivity index (χ0v) is 15.7. The predicted octanol–water partition coefficient (Wildman–Crippen LogP) is 6.41. The van der Waals surface area contributed by atoms with Gasteiger partial charge in [0, 0.05) is 21.6 Å². The Morgan fingerprint density at radius 3 is 2.46 bits per heavy atom.